The van der Waals surface area contributed by atoms with E-state index in [4.69, 9.17) is 0 Å². The highest BCUT2D eigenvalue weighted by molar-refractivity contribution is 7.91. The van der Waals surface area contributed by atoms with Crippen molar-refractivity contribution in [2.24, 2.45) is 0 Å². The summed E-state index contributed by atoms with van der Waals surface area (Å²) in [5, 5.41) is 3.30. The van der Waals surface area contributed by atoms with Gasteiger partial charge in [-0.2, -0.15) is 0 Å². The fourth-order valence-electron chi connectivity index (χ4n) is 1.26. The van der Waals surface area contributed by atoms with Gasteiger partial charge in [0.2, 0.25) is 0 Å². The second kappa shape index (κ2) is 7.40. The third-order valence-electron chi connectivity index (χ3n) is 2.55. The van der Waals surface area contributed by atoms with Crippen LogP contribution in [0.25, 0.3) is 0 Å². The molecule has 0 aliphatic carbocycles. The molecule has 0 aromatic rings. The lowest BCUT2D eigenvalue weighted by Gasteiger charge is -2.15. The summed E-state index contributed by atoms with van der Waals surface area (Å²) in [7, 11) is -3.71. The van der Waals surface area contributed by atoms with E-state index in [2.05, 4.69) is 5.32 Å². The van der Waals surface area contributed by atoms with Crippen LogP contribution in [0.4, 0.5) is 0 Å². The molecule has 0 saturated heterocycles. The number of sulfone groups is 1. The maximum absolute atomic E-state index is 11.3. The van der Waals surface area contributed by atoms with Crippen LogP contribution in [0.2, 0.25) is 0 Å². The molecule has 4 nitrogen and oxygen atoms in total. The summed E-state index contributed by atoms with van der Waals surface area (Å²) in [6, 6.07) is -0.0394. The van der Waals surface area contributed by atoms with E-state index < -0.39 is 20.6 Å². The highest BCUT2D eigenvalue weighted by Gasteiger charge is 2.13. The van der Waals surface area contributed by atoms with E-state index in [9.17, 15) is 12.6 Å². The standard InChI is InChI=1S/C10H23NO3S2/c1-5-16(13,14)8-9(2)11-7-6-10(3)15(4)12/h9-11H,5-8H2,1-4H3. The van der Waals surface area contributed by atoms with Crippen LogP contribution in [0.3, 0.4) is 0 Å². The van der Waals surface area contributed by atoms with Crippen molar-refractivity contribution in [3.8, 4) is 0 Å². The molecular weight excluding hydrogens is 246 g/mol. The molecule has 0 fully saturated rings. The first-order valence-corrected chi connectivity index (χ1v) is 8.98. The molecule has 0 radical (unpaired) electrons. The molecule has 0 aliphatic heterocycles. The van der Waals surface area contributed by atoms with Crippen LogP contribution < -0.4 is 5.32 Å². The van der Waals surface area contributed by atoms with Crippen molar-refractivity contribution >= 4 is 20.6 Å². The monoisotopic (exact) mass is 269 g/mol. The molecule has 1 N–H and O–H groups in total. The molecule has 0 aromatic carbocycles. The summed E-state index contributed by atoms with van der Waals surface area (Å²) >= 11 is 0. The molecule has 0 saturated carbocycles. The van der Waals surface area contributed by atoms with Crippen LogP contribution in [0, 0.1) is 0 Å². The normalized spacial score (nSPS) is 18.0. The van der Waals surface area contributed by atoms with Crippen LogP contribution in [-0.4, -0.2) is 48.2 Å². The number of hydrogen-bond acceptors (Lipinski definition) is 4. The van der Waals surface area contributed by atoms with Gasteiger partial charge in [-0.3, -0.25) is 4.21 Å². The Morgan fingerprint density at radius 3 is 2.31 bits per heavy atom. The highest BCUT2D eigenvalue weighted by Crippen LogP contribution is 1.99. The maximum Gasteiger partial charge on any atom is 0.151 e. The molecular formula is C10H23NO3S2. The van der Waals surface area contributed by atoms with E-state index in [0.717, 1.165) is 6.42 Å². The lowest BCUT2D eigenvalue weighted by Crippen LogP contribution is -2.35. The summed E-state index contributed by atoms with van der Waals surface area (Å²) in [6.45, 7) is 6.16. The van der Waals surface area contributed by atoms with Crippen molar-refractivity contribution < 1.29 is 12.6 Å². The third kappa shape index (κ3) is 7.35. The van der Waals surface area contributed by atoms with Gasteiger partial charge in [-0.15, -0.1) is 0 Å². The predicted molar refractivity (Wildman–Crippen MR) is 69.9 cm³/mol. The highest BCUT2D eigenvalue weighted by atomic mass is 32.2. The Morgan fingerprint density at radius 2 is 1.88 bits per heavy atom. The Morgan fingerprint density at radius 1 is 1.31 bits per heavy atom. The zero-order valence-electron chi connectivity index (χ0n) is 10.5. The SMILES string of the molecule is CCS(=O)(=O)CC(C)NCCC(C)S(C)=O. The molecule has 0 bridgehead atoms. The first kappa shape index (κ1) is 16.1. The van der Waals surface area contributed by atoms with Crippen molar-refractivity contribution in [3.05, 3.63) is 0 Å². The van der Waals surface area contributed by atoms with Crippen molar-refractivity contribution in [3.63, 3.8) is 0 Å². The van der Waals surface area contributed by atoms with Gasteiger partial charge in [0.1, 0.15) is 0 Å². The van der Waals surface area contributed by atoms with E-state index in [1.165, 1.54) is 0 Å². The minimum absolute atomic E-state index is 0.0394. The molecule has 16 heavy (non-hydrogen) atoms. The largest absolute Gasteiger partial charge is 0.313 e. The van der Waals surface area contributed by atoms with E-state index in [1.54, 1.807) is 13.2 Å². The smallest absolute Gasteiger partial charge is 0.151 e. The predicted octanol–water partition coefficient (Wildman–Crippen LogP) is 0.556. The van der Waals surface area contributed by atoms with Gasteiger partial charge in [-0.25, -0.2) is 8.42 Å². The number of nitrogens with one attached hydrogen (secondary N) is 1. The fraction of sp³-hybridized carbons (Fsp3) is 1.00. The van der Waals surface area contributed by atoms with Crippen LogP contribution in [0.15, 0.2) is 0 Å². The molecule has 3 unspecified atom stereocenters. The minimum Gasteiger partial charge on any atom is -0.313 e. The third-order valence-corrected chi connectivity index (χ3v) is 5.81. The Balaban J connectivity index is 3.83. The summed E-state index contributed by atoms with van der Waals surface area (Å²) in [5.41, 5.74) is 0. The molecule has 0 amide bonds. The average Bonchev–Trinajstić information content (AvgIpc) is 2.16. The Bertz CT molecular complexity index is 314. The van der Waals surface area contributed by atoms with Gasteiger partial charge in [0, 0.05) is 34.1 Å². The minimum atomic E-state index is -2.91. The van der Waals surface area contributed by atoms with Gasteiger partial charge in [-0.05, 0) is 19.9 Å². The summed E-state index contributed by atoms with van der Waals surface area (Å²) in [5.74, 6) is 0.363. The van der Waals surface area contributed by atoms with Gasteiger partial charge < -0.3 is 5.32 Å². The van der Waals surface area contributed by atoms with Gasteiger partial charge in [0.15, 0.2) is 9.84 Å². The molecule has 3 atom stereocenters. The molecule has 98 valence electrons. The fourth-order valence-corrected chi connectivity index (χ4v) is 2.82. The summed E-state index contributed by atoms with van der Waals surface area (Å²) in [4.78, 5) is 0. The summed E-state index contributed by atoms with van der Waals surface area (Å²) < 4.78 is 33.7. The maximum atomic E-state index is 11.3. The Labute approximate surface area is 102 Å². The molecule has 0 heterocycles. The van der Waals surface area contributed by atoms with Crippen LogP contribution in [0.1, 0.15) is 27.2 Å². The molecule has 0 aromatic heterocycles. The Hall–Kier alpha value is 0.0600. The molecule has 0 spiro atoms. The Kier molecular flexibility index (Phi) is 7.43. The van der Waals surface area contributed by atoms with Crippen LogP contribution >= 0.6 is 0 Å². The zero-order valence-corrected chi connectivity index (χ0v) is 12.2. The molecule has 0 rings (SSSR count). The van der Waals surface area contributed by atoms with Crippen molar-refractivity contribution in [2.45, 2.75) is 38.5 Å². The van der Waals surface area contributed by atoms with E-state index in [0.29, 0.717) is 6.54 Å². The average molecular weight is 269 g/mol. The summed E-state index contributed by atoms with van der Waals surface area (Å²) in [6.07, 6.45) is 2.50. The molecule has 6 heteroatoms. The van der Waals surface area contributed by atoms with Crippen molar-refractivity contribution in [2.75, 3.05) is 24.3 Å². The second-order valence-electron chi connectivity index (χ2n) is 4.15. The van der Waals surface area contributed by atoms with Crippen molar-refractivity contribution in [1.82, 2.24) is 5.32 Å². The van der Waals surface area contributed by atoms with Gasteiger partial charge >= 0.3 is 0 Å². The first-order valence-electron chi connectivity index (χ1n) is 5.54. The topological polar surface area (TPSA) is 63.2 Å². The second-order valence-corrected chi connectivity index (χ2v) is 8.35. The van der Waals surface area contributed by atoms with Gasteiger partial charge in [0.25, 0.3) is 0 Å². The lowest BCUT2D eigenvalue weighted by atomic mass is 10.3. The van der Waals surface area contributed by atoms with Crippen molar-refractivity contribution in [1.29, 1.82) is 0 Å². The van der Waals surface area contributed by atoms with Gasteiger partial charge in [-0.1, -0.05) is 13.8 Å². The lowest BCUT2D eigenvalue weighted by molar-refractivity contribution is 0.546. The van der Waals surface area contributed by atoms with Crippen LogP contribution in [0.5, 0.6) is 0 Å². The zero-order chi connectivity index (χ0) is 12.8. The quantitative estimate of drug-likeness (QED) is 0.699. The molecule has 0 aliphatic rings. The number of hydrogen-bond donors (Lipinski definition) is 1. The number of rotatable bonds is 8. The van der Waals surface area contributed by atoms with Gasteiger partial charge in [0.05, 0.1) is 5.75 Å². The van der Waals surface area contributed by atoms with Crippen LogP contribution in [-0.2, 0) is 20.6 Å². The van der Waals surface area contributed by atoms with E-state index in [1.807, 2.05) is 13.8 Å². The van der Waals surface area contributed by atoms with E-state index >= 15 is 0 Å². The van der Waals surface area contributed by atoms with E-state index in [-0.39, 0.29) is 22.8 Å². The first-order chi connectivity index (χ1) is 7.28.